The third kappa shape index (κ3) is 9.74. The van der Waals surface area contributed by atoms with Crippen molar-refractivity contribution in [2.45, 2.75) is 85.0 Å². The fraction of sp³-hybridized carbons (Fsp3) is 0.481. The van der Waals surface area contributed by atoms with E-state index in [2.05, 4.69) is 110 Å². The number of unbranched alkanes of at least 4 members (excludes halogenated alkanes) is 1. The molecular formula is C27H39Cl2PTi. The van der Waals surface area contributed by atoms with Gasteiger partial charge in [0.25, 0.3) is 0 Å². The number of hydrogen-bond acceptors (Lipinski definition) is 0. The molecule has 0 heterocycles. The Balaban J connectivity index is 0. The van der Waals surface area contributed by atoms with Gasteiger partial charge in [-0.25, -0.2) is 12.1 Å². The molecule has 0 aromatic heterocycles. The van der Waals surface area contributed by atoms with Crippen molar-refractivity contribution in [2.24, 2.45) is 0 Å². The first kappa shape index (κ1) is 33.1. The van der Waals surface area contributed by atoms with E-state index in [1.165, 1.54) is 41.2 Å². The molecular weight excluding hydrogens is 474 g/mol. The number of aryl methyl sites for hydroxylation is 2. The minimum absolute atomic E-state index is 0. The van der Waals surface area contributed by atoms with Crippen molar-refractivity contribution in [3.8, 4) is 0 Å². The predicted molar refractivity (Wildman–Crippen MR) is 131 cm³/mol. The van der Waals surface area contributed by atoms with Crippen molar-refractivity contribution in [1.82, 2.24) is 0 Å². The molecule has 0 aliphatic carbocycles. The first-order valence-corrected chi connectivity index (χ1v) is 12.0. The SMILES string of the molecule is CC(C)(C)P(c1cc2ccccc2[cH-]1)C(C)(C)C.CCCC[c-]1cccc1C.[Cl-].[Cl-].[Ti+4]. The minimum atomic E-state index is -0.185. The van der Waals surface area contributed by atoms with E-state index in [0.29, 0.717) is 10.3 Å². The fourth-order valence-corrected chi connectivity index (χ4v) is 8.34. The van der Waals surface area contributed by atoms with Crippen LogP contribution in [0.2, 0.25) is 0 Å². The van der Waals surface area contributed by atoms with Crippen LogP contribution in [0.25, 0.3) is 10.8 Å². The molecule has 0 aliphatic rings. The fourth-order valence-electron chi connectivity index (χ4n) is 4.24. The van der Waals surface area contributed by atoms with Crippen molar-refractivity contribution in [2.75, 3.05) is 0 Å². The van der Waals surface area contributed by atoms with Crippen molar-refractivity contribution >= 4 is 24.0 Å². The zero-order valence-corrected chi connectivity index (χ0v) is 24.5. The summed E-state index contributed by atoms with van der Waals surface area (Å²) in [6, 6.07) is 20.0. The van der Waals surface area contributed by atoms with E-state index in [1.54, 1.807) is 5.30 Å². The third-order valence-corrected chi connectivity index (χ3v) is 8.61. The molecule has 0 saturated carbocycles. The van der Waals surface area contributed by atoms with Crippen LogP contribution in [-0.2, 0) is 28.1 Å². The van der Waals surface area contributed by atoms with Crippen LogP contribution in [0.3, 0.4) is 0 Å². The molecule has 3 aromatic rings. The van der Waals surface area contributed by atoms with E-state index >= 15 is 0 Å². The maximum Gasteiger partial charge on any atom is 4.00 e. The van der Waals surface area contributed by atoms with Crippen molar-refractivity contribution < 1.29 is 46.5 Å². The minimum Gasteiger partial charge on any atom is -1.00 e. The molecule has 0 radical (unpaired) electrons. The normalized spacial score (nSPS) is 11.1. The average Bonchev–Trinajstić information content (AvgIpc) is 3.16. The van der Waals surface area contributed by atoms with E-state index in [0.717, 1.165) is 0 Å². The van der Waals surface area contributed by atoms with Gasteiger partial charge in [-0.2, -0.15) is 23.3 Å². The van der Waals surface area contributed by atoms with Gasteiger partial charge in [0.2, 0.25) is 0 Å². The summed E-state index contributed by atoms with van der Waals surface area (Å²) in [6.45, 7) is 18.7. The van der Waals surface area contributed by atoms with Gasteiger partial charge >= 0.3 is 21.7 Å². The topological polar surface area (TPSA) is 0 Å². The van der Waals surface area contributed by atoms with Crippen LogP contribution in [0, 0.1) is 6.92 Å². The van der Waals surface area contributed by atoms with Gasteiger partial charge in [0.05, 0.1) is 0 Å². The Hall–Kier alpha value is -0.0957. The Labute approximate surface area is 220 Å². The molecule has 0 amide bonds. The van der Waals surface area contributed by atoms with Crippen LogP contribution in [0.1, 0.15) is 72.4 Å². The average molecular weight is 513 g/mol. The first-order chi connectivity index (χ1) is 13.0. The monoisotopic (exact) mass is 512 g/mol. The zero-order chi connectivity index (χ0) is 20.9. The quantitative estimate of drug-likeness (QED) is 0.286. The smallest absolute Gasteiger partial charge is 1.00 e. The van der Waals surface area contributed by atoms with Crippen molar-refractivity contribution in [3.63, 3.8) is 0 Å². The van der Waals surface area contributed by atoms with Gasteiger partial charge < -0.3 is 24.8 Å². The van der Waals surface area contributed by atoms with Gasteiger partial charge in [-0.15, -0.1) is 40.3 Å². The van der Waals surface area contributed by atoms with Crippen LogP contribution in [0.5, 0.6) is 0 Å². The summed E-state index contributed by atoms with van der Waals surface area (Å²) >= 11 is 0. The summed E-state index contributed by atoms with van der Waals surface area (Å²) in [6.07, 6.45) is 3.88. The van der Waals surface area contributed by atoms with Gasteiger partial charge in [-0.05, 0) is 10.3 Å². The molecule has 0 saturated heterocycles. The molecule has 3 aromatic carbocycles. The van der Waals surface area contributed by atoms with E-state index in [9.17, 15) is 0 Å². The van der Waals surface area contributed by atoms with E-state index in [4.69, 9.17) is 0 Å². The maximum atomic E-state index is 2.40. The Morgan fingerprint density at radius 2 is 1.48 bits per heavy atom. The zero-order valence-electron chi connectivity index (χ0n) is 20.5. The second-order valence-electron chi connectivity index (χ2n) is 9.86. The Kier molecular flexibility index (Phi) is 15.2. The van der Waals surface area contributed by atoms with Crippen LogP contribution >= 0.6 is 7.92 Å². The molecule has 0 nitrogen and oxygen atoms in total. The second-order valence-corrected chi connectivity index (χ2v) is 13.7. The second kappa shape index (κ2) is 14.2. The Morgan fingerprint density at radius 3 is 1.94 bits per heavy atom. The molecule has 3 rings (SSSR count). The first-order valence-electron chi connectivity index (χ1n) is 10.7. The van der Waals surface area contributed by atoms with Crippen molar-refractivity contribution in [3.05, 3.63) is 65.7 Å². The van der Waals surface area contributed by atoms with Gasteiger partial charge in [-0.3, -0.25) is 0 Å². The molecule has 0 unspecified atom stereocenters. The van der Waals surface area contributed by atoms with Gasteiger partial charge in [0.1, 0.15) is 0 Å². The van der Waals surface area contributed by atoms with E-state index < -0.39 is 0 Å². The molecule has 4 heteroatoms. The molecule has 0 N–H and O–H groups in total. The van der Waals surface area contributed by atoms with Gasteiger partial charge in [0.15, 0.2) is 0 Å². The van der Waals surface area contributed by atoms with Crippen molar-refractivity contribution in [1.29, 1.82) is 0 Å². The van der Waals surface area contributed by atoms with E-state index in [1.807, 2.05) is 0 Å². The van der Waals surface area contributed by atoms with Crippen LogP contribution < -0.4 is 30.1 Å². The van der Waals surface area contributed by atoms with Crippen LogP contribution in [0.15, 0.2) is 54.6 Å². The summed E-state index contributed by atoms with van der Waals surface area (Å²) in [5.74, 6) is 0. The summed E-state index contributed by atoms with van der Waals surface area (Å²) in [5.41, 5.74) is 2.98. The summed E-state index contributed by atoms with van der Waals surface area (Å²) < 4.78 is 0. The number of halogens is 2. The number of fused-ring (bicyclic) bond motifs is 1. The summed E-state index contributed by atoms with van der Waals surface area (Å²) in [4.78, 5) is 0. The number of hydrogen-bond donors (Lipinski definition) is 0. The summed E-state index contributed by atoms with van der Waals surface area (Å²) in [5, 5.41) is 5.00. The maximum absolute atomic E-state index is 2.40. The van der Waals surface area contributed by atoms with Crippen LogP contribution in [0.4, 0.5) is 0 Å². The Morgan fingerprint density at radius 1 is 0.903 bits per heavy atom. The van der Waals surface area contributed by atoms with Crippen LogP contribution in [-0.4, -0.2) is 10.3 Å². The number of rotatable bonds is 4. The number of benzene rings is 1. The molecule has 0 atom stereocenters. The Bertz CT molecular complexity index is 818. The molecule has 0 spiro atoms. The van der Waals surface area contributed by atoms with Gasteiger partial charge in [0, 0.05) is 0 Å². The molecule has 31 heavy (non-hydrogen) atoms. The van der Waals surface area contributed by atoms with Gasteiger partial charge in [-0.1, -0.05) is 88.6 Å². The third-order valence-electron chi connectivity index (χ3n) is 5.15. The molecule has 0 fully saturated rings. The standard InChI is InChI=1S/C17H24P.C10H15.2ClH.Ti/c1-16(2,3)18(17(4,5)6)15-11-13-9-7-8-10-14(13)12-15;1-3-4-7-10-8-5-6-9(10)2;;;/h7-12H,1-6H3;5-6,8H,3-4,7H2,1-2H3;2*1H;/q2*-1;;;+4/p-2. The summed E-state index contributed by atoms with van der Waals surface area (Å²) in [7, 11) is -0.185. The largest absolute Gasteiger partial charge is 4.00 e. The molecule has 170 valence electrons. The predicted octanol–water partition coefficient (Wildman–Crippen LogP) is 2.32. The molecule has 0 aliphatic heterocycles. The van der Waals surface area contributed by atoms with E-state index in [-0.39, 0.29) is 54.5 Å². The molecule has 0 bridgehead atoms.